The highest BCUT2D eigenvalue weighted by Gasteiger charge is 2.75. The van der Waals surface area contributed by atoms with Crippen molar-refractivity contribution in [3.8, 4) is 0 Å². The van der Waals surface area contributed by atoms with Crippen molar-refractivity contribution in [1.29, 1.82) is 0 Å². The number of ether oxygens (including phenoxy) is 2. The van der Waals surface area contributed by atoms with Gasteiger partial charge in [-0.1, -0.05) is 0 Å². The molecule has 4 rings (SSSR count). The molecule has 1 saturated heterocycles. The van der Waals surface area contributed by atoms with Gasteiger partial charge in [-0.05, 0) is 26.2 Å². The van der Waals surface area contributed by atoms with Crippen LogP contribution < -0.4 is 11.2 Å². The molecule has 1 aromatic heterocycles. The number of aliphatic hydroxyl groups excluding tert-OH is 1. The Balaban J connectivity index is 1.79. The van der Waals surface area contributed by atoms with Gasteiger partial charge >= 0.3 is 5.69 Å². The standard InChI is InChI=1S/C14H18N2O5/c1-13(2)20-10-9(16-4-3-8(18)15-12(16)19)7-5-14(7,6-17)11(10)21-13/h3-4,7,9-11,17H,5-6H2,1-2H3,(H,15,18,19)/t7-,9?,10?,11?,14+/m1/s1. The van der Waals surface area contributed by atoms with E-state index in [-0.39, 0.29) is 36.2 Å². The molecule has 2 aliphatic carbocycles. The number of nitrogens with zero attached hydrogens (tertiary/aromatic N) is 1. The number of rotatable bonds is 2. The summed E-state index contributed by atoms with van der Waals surface area (Å²) in [6.45, 7) is 3.69. The van der Waals surface area contributed by atoms with E-state index in [1.807, 2.05) is 13.8 Å². The fourth-order valence-electron chi connectivity index (χ4n) is 4.14. The molecule has 1 aliphatic heterocycles. The Hall–Kier alpha value is -1.44. The zero-order valence-electron chi connectivity index (χ0n) is 11.9. The maximum atomic E-state index is 12.1. The molecule has 3 unspecified atom stereocenters. The minimum Gasteiger partial charge on any atom is -0.396 e. The van der Waals surface area contributed by atoms with Crippen LogP contribution >= 0.6 is 0 Å². The Kier molecular flexibility index (Phi) is 2.43. The summed E-state index contributed by atoms with van der Waals surface area (Å²) in [5.74, 6) is -0.591. The van der Waals surface area contributed by atoms with Crippen LogP contribution in [0.25, 0.3) is 0 Å². The van der Waals surface area contributed by atoms with Crippen molar-refractivity contribution >= 4 is 0 Å². The molecule has 2 saturated carbocycles. The molecule has 7 heteroatoms. The van der Waals surface area contributed by atoms with Gasteiger partial charge in [0.1, 0.15) is 6.10 Å². The second-order valence-corrected chi connectivity index (χ2v) is 6.73. The van der Waals surface area contributed by atoms with Crippen LogP contribution in [0.5, 0.6) is 0 Å². The van der Waals surface area contributed by atoms with Crippen molar-refractivity contribution in [2.75, 3.05) is 6.61 Å². The number of aromatic amines is 1. The van der Waals surface area contributed by atoms with E-state index < -0.39 is 17.0 Å². The zero-order chi connectivity index (χ0) is 15.0. The van der Waals surface area contributed by atoms with E-state index in [1.165, 1.54) is 16.8 Å². The third-order valence-corrected chi connectivity index (χ3v) is 5.09. The van der Waals surface area contributed by atoms with Crippen LogP contribution in [0.4, 0.5) is 0 Å². The maximum absolute atomic E-state index is 12.1. The Labute approximate surface area is 120 Å². The van der Waals surface area contributed by atoms with Gasteiger partial charge in [-0.3, -0.25) is 14.3 Å². The van der Waals surface area contributed by atoms with Gasteiger partial charge in [0, 0.05) is 17.7 Å². The lowest BCUT2D eigenvalue weighted by Gasteiger charge is -2.24. The van der Waals surface area contributed by atoms with Crippen molar-refractivity contribution in [2.45, 2.75) is 44.3 Å². The summed E-state index contributed by atoms with van der Waals surface area (Å²) < 4.78 is 13.4. The van der Waals surface area contributed by atoms with E-state index in [2.05, 4.69) is 4.98 Å². The van der Waals surface area contributed by atoms with Crippen LogP contribution in [0.1, 0.15) is 26.3 Å². The highest BCUT2D eigenvalue weighted by atomic mass is 16.8. The normalized spacial score (nSPS) is 42.6. The zero-order valence-corrected chi connectivity index (χ0v) is 11.9. The summed E-state index contributed by atoms with van der Waals surface area (Å²) in [5, 5.41) is 9.78. The molecule has 2 N–H and O–H groups in total. The summed E-state index contributed by atoms with van der Waals surface area (Å²) in [5.41, 5.74) is -1.18. The Bertz CT molecular complexity index is 708. The van der Waals surface area contributed by atoms with Gasteiger partial charge in [-0.15, -0.1) is 0 Å². The van der Waals surface area contributed by atoms with Gasteiger partial charge in [-0.25, -0.2) is 4.79 Å². The minimum atomic E-state index is -0.727. The van der Waals surface area contributed by atoms with Crippen LogP contribution in [0, 0.1) is 11.3 Å². The molecule has 0 aromatic carbocycles. The van der Waals surface area contributed by atoms with Gasteiger partial charge in [0.25, 0.3) is 5.56 Å². The third kappa shape index (κ3) is 1.65. The molecule has 5 atom stereocenters. The molecule has 0 radical (unpaired) electrons. The van der Waals surface area contributed by atoms with E-state index in [4.69, 9.17) is 9.47 Å². The third-order valence-electron chi connectivity index (χ3n) is 5.09. The molecule has 0 spiro atoms. The van der Waals surface area contributed by atoms with E-state index >= 15 is 0 Å². The van der Waals surface area contributed by atoms with E-state index in [0.717, 1.165) is 6.42 Å². The summed E-state index contributed by atoms with van der Waals surface area (Å²) in [7, 11) is 0. The SMILES string of the molecule is CC1(C)OC2C(n3ccc(=O)[nH]c3=O)[C@H]3C[C@@]3(CO)C2O1. The van der Waals surface area contributed by atoms with Crippen LogP contribution in [0.2, 0.25) is 0 Å². The number of hydrogen-bond acceptors (Lipinski definition) is 5. The highest BCUT2D eigenvalue weighted by Crippen LogP contribution is 2.70. The lowest BCUT2D eigenvalue weighted by molar-refractivity contribution is -0.163. The first-order chi connectivity index (χ1) is 9.88. The smallest absolute Gasteiger partial charge is 0.328 e. The first-order valence-corrected chi connectivity index (χ1v) is 7.16. The lowest BCUT2D eigenvalue weighted by Crippen LogP contribution is -2.39. The number of hydrogen-bond donors (Lipinski definition) is 2. The molecule has 3 aliphatic rings. The van der Waals surface area contributed by atoms with E-state index in [9.17, 15) is 14.7 Å². The van der Waals surface area contributed by atoms with Crippen molar-refractivity contribution in [3.05, 3.63) is 33.1 Å². The summed E-state index contributed by atoms with van der Waals surface area (Å²) in [6, 6.07) is 1.12. The van der Waals surface area contributed by atoms with Gasteiger partial charge < -0.3 is 14.6 Å². The molecule has 7 nitrogen and oxygen atoms in total. The summed E-state index contributed by atoms with van der Waals surface area (Å²) in [4.78, 5) is 25.6. The fraction of sp³-hybridized carbons (Fsp3) is 0.714. The molecule has 0 bridgehead atoms. The molecule has 114 valence electrons. The first kappa shape index (κ1) is 13.2. The van der Waals surface area contributed by atoms with Crippen LogP contribution in [0.3, 0.4) is 0 Å². The Morgan fingerprint density at radius 3 is 2.86 bits per heavy atom. The first-order valence-electron chi connectivity index (χ1n) is 7.16. The molecule has 2 heterocycles. The largest absolute Gasteiger partial charge is 0.396 e. The van der Waals surface area contributed by atoms with Gasteiger partial charge in [-0.2, -0.15) is 0 Å². The average molecular weight is 294 g/mol. The van der Waals surface area contributed by atoms with Crippen LogP contribution in [-0.2, 0) is 9.47 Å². The summed E-state index contributed by atoms with van der Waals surface area (Å²) in [6.07, 6.45) is 1.81. The Morgan fingerprint density at radius 2 is 2.19 bits per heavy atom. The Morgan fingerprint density at radius 1 is 1.43 bits per heavy atom. The highest BCUT2D eigenvalue weighted by molar-refractivity contribution is 5.23. The van der Waals surface area contributed by atoms with E-state index in [0.29, 0.717) is 0 Å². The molecular weight excluding hydrogens is 276 g/mol. The van der Waals surface area contributed by atoms with Gasteiger partial charge in [0.05, 0.1) is 18.8 Å². The summed E-state index contributed by atoms with van der Waals surface area (Å²) >= 11 is 0. The quantitative estimate of drug-likeness (QED) is 0.775. The second kappa shape index (κ2) is 3.85. The number of aliphatic hydroxyl groups is 1. The van der Waals surface area contributed by atoms with Gasteiger partial charge in [0.2, 0.25) is 0 Å². The van der Waals surface area contributed by atoms with Crippen molar-refractivity contribution in [3.63, 3.8) is 0 Å². The number of nitrogens with one attached hydrogen (secondary N) is 1. The number of H-pyrrole nitrogens is 1. The lowest BCUT2D eigenvalue weighted by atomic mass is 10.0. The van der Waals surface area contributed by atoms with E-state index in [1.54, 1.807) is 0 Å². The van der Waals surface area contributed by atoms with Gasteiger partial charge in [0.15, 0.2) is 5.79 Å². The second-order valence-electron chi connectivity index (χ2n) is 6.73. The monoisotopic (exact) mass is 294 g/mol. The number of fused-ring (bicyclic) bond motifs is 3. The van der Waals surface area contributed by atoms with Crippen molar-refractivity contribution < 1.29 is 14.6 Å². The molecule has 0 amide bonds. The van der Waals surface area contributed by atoms with Crippen LogP contribution in [-0.4, -0.2) is 39.3 Å². The van der Waals surface area contributed by atoms with Crippen molar-refractivity contribution in [1.82, 2.24) is 9.55 Å². The minimum absolute atomic E-state index is 0.0207. The molecular formula is C14H18N2O5. The van der Waals surface area contributed by atoms with Crippen LogP contribution in [0.15, 0.2) is 21.9 Å². The number of aromatic nitrogens is 2. The molecule has 3 fully saturated rings. The maximum Gasteiger partial charge on any atom is 0.328 e. The predicted molar refractivity (Wildman–Crippen MR) is 71.8 cm³/mol. The topological polar surface area (TPSA) is 93.6 Å². The molecule has 21 heavy (non-hydrogen) atoms. The van der Waals surface area contributed by atoms with Crippen molar-refractivity contribution in [2.24, 2.45) is 11.3 Å². The average Bonchev–Trinajstić information content (AvgIpc) is 2.96. The predicted octanol–water partition coefficient (Wildman–Crippen LogP) is -0.390. The molecule has 1 aromatic rings. The fourth-order valence-corrected chi connectivity index (χ4v) is 4.14.